The number of ether oxygens (including phenoxy) is 3. The molecule has 9 heteroatoms. The Balaban J connectivity index is 0.00000450. The fourth-order valence-electron chi connectivity index (χ4n) is 3.45. The van der Waals surface area contributed by atoms with Crippen LogP contribution in [0, 0.1) is 5.92 Å². The summed E-state index contributed by atoms with van der Waals surface area (Å²) in [5.74, 6) is 3.21. The predicted molar refractivity (Wildman–Crippen MR) is 133 cm³/mol. The summed E-state index contributed by atoms with van der Waals surface area (Å²) < 4.78 is 16.2. The molecule has 0 spiro atoms. The molecule has 1 aromatic carbocycles. The standard InChI is InChI=1S/C21H37N5O3.HI/c1-16(15-26-9-7-25(3)8-10-26)13-23-21(22-2)24-14-17-11-18(27-4)20(29-6)19(12-17)28-5;/h11-12,16H,7-10,13-15H2,1-6H3,(H2,22,23,24);1H. The molecule has 8 nitrogen and oxygen atoms in total. The second kappa shape index (κ2) is 13.8. The van der Waals surface area contributed by atoms with Crippen molar-refractivity contribution in [3.8, 4) is 17.2 Å². The van der Waals surface area contributed by atoms with Gasteiger partial charge < -0.3 is 34.6 Å². The lowest BCUT2D eigenvalue weighted by Crippen LogP contribution is -2.47. The van der Waals surface area contributed by atoms with Crippen molar-refractivity contribution in [2.45, 2.75) is 13.5 Å². The molecule has 0 radical (unpaired) electrons. The number of rotatable bonds is 9. The zero-order valence-corrected chi connectivity index (χ0v) is 21.5. The summed E-state index contributed by atoms with van der Waals surface area (Å²) in [5.41, 5.74) is 1.02. The Bertz CT molecular complexity index is 641. The van der Waals surface area contributed by atoms with Gasteiger partial charge in [-0.15, -0.1) is 24.0 Å². The summed E-state index contributed by atoms with van der Waals surface area (Å²) in [4.78, 5) is 9.26. The van der Waals surface area contributed by atoms with E-state index in [1.54, 1.807) is 28.4 Å². The first kappa shape index (κ1) is 26.6. The van der Waals surface area contributed by atoms with Gasteiger partial charge in [-0.1, -0.05) is 6.92 Å². The third kappa shape index (κ3) is 7.99. The van der Waals surface area contributed by atoms with Crippen LogP contribution in [0.2, 0.25) is 0 Å². The molecule has 0 aromatic heterocycles. The van der Waals surface area contributed by atoms with Gasteiger partial charge in [-0.3, -0.25) is 4.99 Å². The molecule has 1 fully saturated rings. The highest BCUT2D eigenvalue weighted by molar-refractivity contribution is 14.0. The number of piperazine rings is 1. The molecule has 172 valence electrons. The number of hydrogen-bond donors (Lipinski definition) is 2. The van der Waals surface area contributed by atoms with Crippen LogP contribution in [0.25, 0.3) is 0 Å². The minimum absolute atomic E-state index is 0. The van der Waals surface area contributed by atoms with Crippen LogP contribution in [0.5, 0.6) is 17.2 Å². The van der Waals surface area contributed by atoms with Gasteiger partial charge in [-0.05, 0) is 30.7 Å². The Labute approximate surface area is 198 Å². The number of nitrogens with zero attached hydrogens (tertiary/aromatic N) is 3. The molecule has 0 saturated carbocycles. The van der Waals surface area contributed by atoms with Crippen LogP contribution in [0.3, 0.4) is 0 Å². The van der Waals surface area contributed by atoms with Gasteiger partial charge in [-0.25, -0.2) is 0 Å². The number of halogens is 1. The van der Waals surface area contributed by atoms with Crippen molar-refractivity contribution in [3.05, 3.63) is 17.7 Å². The van der Waals surface area contributed by atoms with E-state index >= 15 is 0 Å². The first-order chi connectivity index (χ1) is 14.0. The average molecular weight is 535 g/mol. The van der Waals surface area contributed by atoms with E-state index < -0.39 is 0 Å². The second-order valence-corrected chi connectivity index (χ2v) is 7.55. The van der Waals surface area contributed by atoms with Crippen molar-refractivity contribution in [2.75, 3.05) is 74.7 Å². The van der Waals surface area contributed by atoms with Gasteiger partial charge in [-0.2, -0.15) is 0 Å². The topological polar surface area (TPSA) is 70.6 Å². The van der Waals surface area contributed by atoms with Gasteiger partial charge in [0.1, 0.15) is 0 Å². The Morgan fingerprint density at radius 1 is 1.03 bits per heavy atom. The number of methoxy groups -OCH3 is 3. The Hall–Kier alpha value is -1.46. The molecule has 1 saturated heterocycles. The molecular weight excluding hydrogens is 497 g/mol. The molecule has 2 N–H and O–H groups in total. The summed E-state index contributed by atoms with van der Waals surface area (Å²) in [6.07, 6.45) is 0. The van der Waals surface area contributed by atoms with Crippen LogP contribution in [-0.4, -0.2) is 90.5 Å². The molecule has 1 aromatic rings. The van der Waals surface area contributed by atoms with Crippen molar-refractivity contribution >= 4 is 29.9 Å². The highest BCUT2D eigenvalue weighted by Gasteiger charge is 2.16. The maximum Gasteiger partial charge on any atom is 0.203 e. The van der Waals surface area contributed by atoms with Gasteiger partial charge in [0.25, 0.3) is 0 Å². The van der Waals surface area contributed by atoms with Crippen LogP contribution in [-0.2, 0) is 6.54 Å². The van der Waals surface area contributed by atoms with E-state index in [-0.39, 0.29) is 24.0 Å². The lowest BCUT2D eigenvalue weighted by molar-refractivity contribution is 0.139. The molecule has 0 bridgehead atoms. The molecule has 1 aliphatic rings. The molecule has 1 aliphatic heterocycles. The van der Waals surface area contributed by atoms with Crippen LogP contribution < -0.4 is 24.8 Å². The molecule has 0 aliphatic carbocycles. The number of benzene rings is 1. The van der Waals surface area contributed by atoms with Crippen molar-refractivity contribution < 1.29 is 14.2 Å². The van der Waals surface area contributed by atoms with Crippen molar-refractivity contribution in [3.63, 3.8) is 0 Å². The maximum atomic E-state index is 5.42. The summed E-state index contributed by atoms with van der Waals surface area (Å²) in [6.45, 7) is 9.45. The van der Waals surface area contributed by atoms with Crippen LogP contribution in [0.1, 0.15) is 12.5 Å². The average Bonchev–Trinajstić information content (AvgIpc) is 2.74. The van der Waals surface area contributed by atoms with Crippen LogP contribution >= 0.6 is 24.0 Å². The zero-order chi connectivity index (χ0) is 21.2. The van der Waals surface area contributed by atoms with Crippen LogP contribution in [0.15, 0.2) is 17.1 Å². The minimum atomic E-state index is 0. The predicted octanol–water partition coefficient (Wildman–Crippen LogP) is 1.88. The number of guanidine groups is 1. The maximum absolute atomic E-state index is 5.42. The highest BCUT2D eigenvalue weighted by Crippen LogP contribution is 2.38. The van der Waals surface area contributed by atoms with E-state index in [1.807, 2.05) is 12.1 Å². The van der Waals surface area contributed by atoms with Gasteiger partial charge >= 0.3 is 0 Å². The van der Waals surface area contributed by atoms with E-state index in [2.05, 4.69) is 39.4 Å². The fraction of sp³-hybridized carbons (Fsp3) is 0.667. The Kier molecular flexibility index (Phi) is 12.2. The third-order valence-electron chi connectivity index (χ3n) is 5.19. The van der Waals surface area contributed by atoms with E-state index in [1.165, 1.54) is 0 Å². The molecule has 30 heavy (non-hydrogen) atoms. The highest BCUT2D eigenvalue weighted by atomic mass is 127. The summed E-state index contributed by atoms with van der Waals surface area (Å²) in [7, 11) is 8.82. The third-order valence-corrected chi connectivity index (χ3v) is 5.19. The monoisotopic (exact) mass is 535 g/mol. The summed E-state index contributed by atoms with van der Waals surface area (Å²) in [5, 5.41) is 6.79. The van der Waals surface area contributed by atoms with Crippen molar-refractivity contribution in [1.82, 2.24) is 20.4 Å². The first-order valence-corrected chi connectivity index (χ1v) is 10.1. The van der Waals surface area contributed by atoms with Gasteiger partial charge in [0.05, 0.1) is 21.3 Å². The second-order valence-electron chi connectivity index (χ2n) is 7.55. The zero-order valence-electron chi connectivity index (χ0n) is 19.2. The van der Waals surface area contributed by atoms with Gasteiger partial charge in [0, 0.05) is 52.9 Å². The quantitative estimate of drug-likeness (QED) is 0.284. The number of aliphatic imine (C=N–C) groups is 1. The van der Waals surface area contributed by atoms with Gasteiger partial charge in [0.2, 0.25) is 5.75 Å². The largest absolute Gasteiger partial charge is 0.493 e. The molecule has 2 rings (SSSR count). The molecule has 1 unspecified atom stereocenters. The fourth-order valence-corrected chi connectivity index (χ4v) is 3.45. The van der Waals surface area contributed by atoms with Crippen molar-refractivity contribution in [2.24, 2.45) is 10.9 Å². The molecule has 1 heterocycles. The Morgan fingerprint density at radius 3 is 2.13 bits per heavy atom. The number of likely N-dealkylation sites (N-methyl/N-ethyl adjacent to an activating group) is 1. The number of nitrogens with one attached hydrogen (secondary N) is 2. The SMILES string of the molecule is CN=C(NCc1cc(OC)c(OC)c(OC)c1)NCC(C)CN1CCN(C)CC1.I. The molecular formula is C21H38IN5O3. The van der Waals surface area contributed by atoms with Crippen molar-refractivity contribution in [1.29, 1.82) is 0 Å². The molecule has 1 atom stereocenters. The summed E-state index contributed by atoms with van der Waals surface area (Å²) in [6, 6.07) is 3.88. The van der Waals surface area contributed by atoms with E-state index in [0.29, 0.717) is 29.7 Å². The minimum Gasteiger partial charge on any atom is -0.493 e. The molecule has 0 amide bonds. The van der Waals surface area contributed by atoms with E-state index in [0.717, 1.165) is 50.8 Å². The van der Waals surface area contributed by atoms with Gasteiger partial charge in [0.15, 0.2) is 17.5 Å². The summed E-state index contributed by atoms with van der Waals surface area (Å²) >= 11 is 0. The lowest BCUT2D eigenvalue weighted by Gasteiger charge is -2.34. The normalized spacial score (nSPS) is 16.4. The van der Waals surface area contributed by atoms with E-state index in [9.17, 15) is 0 Å². The lowest BCUT2D eigenvalue weighted by atomic mass is 10.1. The number of hydrogen-bond acceptors (Lipinski definition) is 6. The van der Waals surface area contributed by atoms with E-state index in [4.69, 9.17) is 14.2 Å². The Morgan fingerprint density at radius 2 is 1.63 bits per heavy atom. The first-order valence-electron chi connectivity index (χ1n) is 10.1. The van der Waals surface area contributed by atoms with Crippen LogP contribution in [0.4, 0.5) is 0 Å². The smallest absolute Gasteiger partial charge is 0.203 e.